The van der Waals surface area contributed by atoms with Gasteiger partial charge in [-0.2, -0.15) is 0 Å². The van der Waals surface area contributed by atoms with Crippen molar-refractivity contribution in [2.24, 2.45) is 5.73 Å². The summed E-state index contributed by atoms with van der Waals surface area (Å²) in [7, 11) is 0. The van der Waals surface area contributed by atoms with E-state index in [1.165, 1.54) is 5.56 Å². The van der Waals surface area contributed by atoms with Crippen LogP contribution in [0.5, 0.6) is 0 Å². The van der Waals surface area contributed by atoms with Gasteiger partial charge in [0.2, 0.25) is 0 Å². The van der Waals surface area contributed by atoms with Crippen molar-refractivity contribution < 1.29 is 4.42 Å². The molecule has 1 unspecified atom stereocenters. The maximum atomic E-state index is 5.74. The fourth-order valence-electron chi connectivity index (χ4n) is 1.53. The summed E-state index contributed by atoms with van der Waals surface area (Å²) in [4.78, 5) is 4.40. The van der Waals surface area contributed by atoms with Gasteiger partial charge in [0.25, 0.3) is 0 Å². The summed E-state index contributed by atoms with van der Waals surface area (Å²) >= 11 is 1.67. The lowest BCUT2D eigenvalue weighted by molar-refractivity contribution is 0.530. The van der Waals surface area contributed by atoms with E-state index >= 15 is 0 Å². The first-order valence-corrected chi connectivity index (χ1v) is 6.58. The number of thioether (sulfide) groups is 1. The summed E-state index contributed by atoms with van der Waals surface area (Å²) in [6, 6.07) is 8.16. The van der Waals surface area contributed by atoms with Crippen LogP contribution in [-0.2, 0) is 12.2 Å². The summed E-state index contributed by atoms with van der Waals surface area (Å²) in [6.45, 7) is 2.00. The van der Waals surface area contributed by atoms with Gasteiger partial charge in [0.15, 0.2) is 0 Å². The first-order valence-electron chi connectivity index (χ1n) is 5.60. The van der Waals surface area contributed by atoms with E-state index < -0.39 is 0 Å². The van der Waals surface area contributed by atoms with Gasteiger partial charge in [0.05, 0.1) is 17.0 Å². The standard InChI is InChI=1S/C13H16N2OS/c1-10(14)7-11-4-5-13(15-8-11)17-9-12-3-2-6-16-12/h2-6,8,10H,7,9,14H2,1H3. The summed E-state index contributed by atoms with van der Waals surface area (Å²) in [5.74, 6) is 1.78. The molecule has 0 bridgehead atoms. The van der Waals surface area contributed by atoms with Gasteiger partial charge in [-0.1, -0.05) is 17.8 Å². The van der Waals surface area contributed by atoms with Crippen LogP contribution in [0.3, 0.4) is 0 Å². The molecule has 0 radical (unpaired) electrons. The Morgan fingerprint density at radius 2 is 2.29 bits per heavy atom. The number of hydrogen-bond donors (Lipinski definition) is 1. The van der Waals surface area contributed by atoms with Gasteiger partial charge in [-0.25, -0.2) is 4.98 Å². The van der Waals surface area contributed by atoms with Crippen LogP contribution in [0.25, 0.3) is 0 Å². The molecule has 0 saturated carbocycles. The van der Waals surface area contributed by atoms with Gasteiger partial charge in [-0.05, 0) is 37.1 Å². The zero-order valence-electron chi connectivity index (χ0n) is 9.80. The molecule has 0 amide bonds. The number of nitrogens with two attached hydrogens (primary N) is 1. The zero-order chi connectivity index (χ0) is 12.1. The Morgan fingerprint density at radius 3 is 2.88 bits per heavy atom. The van der Waals surface area contributed by atoms with Gasteiger partial charge in [0.1, 0.15) is 5.76 Å². The lowest BCUT2D eigenvalue weighted by atomic mass is 10.1. The third kappa shape index (κ3) is 3.91. The molecule has 2 heterocycles. The topological polar surface area (TPSA) is 52.0 Å². The molecule has 0 saturated heterocycles. The molecule has 2 aromatic rings. The summed E-state index contributed by atoms with van der Waals surface area (Å²) < 4.78 is 5.27. The van der Waals surface area contributed by atoms with E-state index in [1.807, 2.05) is 31.3 Å². The van der Waals surface area contributed by atoms with Crippen LogP contribution in [0.1, 0.15) is 18.2 Å². The molecule has 0 aliphatic rings. The third-order valence-electron chi connectivity index (χ3n) is 2.30. The highest BCUT2D eigenvalue weighted by molar-refractivity contribution is 7.98. The van der Waals surface area contributed by atoms with Gasteiger partial charge in [0, 0.05) is 12.2 Å². The first kappa shape index (κ1) is 12.2. The zero-order valence-corrected chi connectivity index (χ0v) is 10.6. The molecule has 0 aliphatic carbocycles. The number of rotatable bonds is 5. The molecule has 0 aromatic carbocycles. The van der Waals surface area contributed by atoms with Gasteiger partial charge in [-0.3, -0.25) is 0 Å². The maximum absolute atomic E-state index is 5.74. The van der Waals surface area contributed by atoms with Gasteiger partial charge in [-0.15, -0.1) is 0 Å². The highest BCUT2D eigenvalue weighted by atomic mass is 32.2. The predicted octanol–water partition coefficient (Wildman–Crippen LogP) is 2.86. The molecule has 2 rings (SSSR count). The molecule has 4 heteroatoms. The third-order valence-corrected chi connectivity index (χ3v) is 3.26. The minimum atomic E-state index is 0.179. The van der Waals surface area contributed by atoms with E-state index in [2.05, 4.69) is 11.1 Å². The molecule has 17 heavy (non-hydrogen) atoms. The number of furan rings is 1. The van der Waals surface area contributed by atoms with Crippen molar-refractivity contribution in [2.75, 3.05) is 0 Å². The molecule has 0 fully saturated rings. The van der Waals surface area contributed by atoms with E-state index in [9.17, 15) is 0 Å². The average Bonchev–Trinajstić information content (AvgIpc) is 2.80. The molecule has 1 atom stereocenters. The van der Waals surface area contributed by atoms with Crippen LogP contribution in [-0.4, -0.2) is 11.0 Å². The molecule has 2 N–H and O–H groups in total. The fraction of sp³-hybridized carbons (Fsp3) is 0.308. The van der Waals surface area contributed by atoms with Crippen LogP contribution in [0.15, 0.2) is 46.2 Å². The van der Waals surface area contributed by atoms with Crippen LogP contribution in [0.2, 0.25) is 0 Å². The smallest absolute Gasteiger partial charge is 0.114 e. The minimum Gasteiger partial charge on any atom is -0.468 e. The van der Waals surface area contributed by atoms with Crippen LogP contribution in [0, 0.1) is 0 Å². The van der Waals surface area contributed by atoms with E-state index in [1.54, 1.807) is 18.0 Å². The second kappa shape index (κ2) is 5.89. The van der Waals surface area contributed by atoms with E-state index in [0.29, 0.717) is 0 Å². The molecular formula is C13H16N2OS. The molecular weight excluding hydrogens is 232 g/mol. The number of hydrogen-bond acceptors (Lipinski definition) is 4. The lowest BCUT2D eigenvalue weighted by Gasteiger charge is -2.05. The van der Waals surface area contributed by atoms with Crippen LogP contribution >= 0.6 is 11.8 Å². The Morgan fingerprint density at radius 1 is 1.41 bits per heavy atom. The normalized spacial score (nSPS) is 12.6. The van der Waals surface area contributed by atoms with Crippen molar-refractivity contribution in [3.63, 3.8) is 0 Å². The first-order chi connectivity index (χ1) is 8.24. The number of nitrogens with zero attached hydrogens (tertiary/aromatic N) is 1. The van der Waals surface area contributed by atoms with Crippen LogP contribution < -0.4 is 5.73 Å². The molecule has 2 aromatic heterocycles. The Balaban J connectivity index is 1.89. The Labute approximate surface area is 105 Å². The molecule has 0 aliphatic heterocycles. The predicted molar refractivity (Wildman–Crippen MR) is 69.9 cm³/mol. The van der Waals surface area contributed by atoms with Crippen molar-refractivity contribution in [1.29, 1.82) is 0 Å². The molecule has 0 spiro atoms. The lowest BCUT2D eigenvalue weighted by Crippen LogP contribution is -2.17. The van der Waals surface area contributed by atoms with Crippen LogP contribution in [0.4, 0.5) is 0 Å². The largest absolute Gasteiger partial charge is 0.468 e. The van der Waals surface area contributed by atoms with Crippen molar-refractivity contribution >= 4 is 11.8 Å². The second-order valence-electron chi connectivity index (χ2n) is 4.05. The Bertz CT molecular complexity index is 437. The summed E-state index contributed by atoms with van der Waals surface area (Å²) in [6.07, 6.45) is 4.46. The fourth-order valence-corrected chi connectivity index (χ4v) is 2.27. The minimum absolute atomic E-state index is 0.179. The quantitative estimate of drug-likeness (QED) is 0.827. The Hall–Kier alpha value is -1.26. The van der Waals surface area contributed by atoms with Crippen molar-refractivity contribution in [1.82, 2.24) is 4.98 Å². The highest BCUT2D eigenvalue weighted by Gasteiger charge is 2.01. The number of pyridine rings is 1. The second-order valence-corrected chi connectivity index (χ2v) is 5.05. The van der Waals surface area contributed by atoms with Crippen molar-refractivity contribution in [3.05, 3.63) is 48.0 Å². The molecule has 3 nitrogen and oxygen atoms in total. The van der Waals surface area contributed by atoms with Crippen molar-refractivity contribution in [2.45, 2.75) is 30.2 Å². The SMILES string of the molecule is CC(N)Cc1ccc(SCc2ccco2)nc1. The van der Waals surface area contributed by atoms with Crippen molar-refractivity contribution in [3.8, 4) is 0 Å². The summed E-state index contributed by atoms with van der Waals surface area (Å²) in [5.41, 5.74) is 6.92. The van der Waals surface area contributed by atoms with Gasteiger partial charge < -0.3 is 10.2 Å². The average molecular weight is 248 g/mol. The highest BCUT2D eigenvalue weighted by Crippen LogP contribution is 2.21. The van der Waals surface area contributed by atoms with E-state index in [0.717, 1.165) is 23.0 Å². The van der Waals surface area contributed by atoms with Gasteiger partial charge >= 0.3 is 0 Å². The Kier molecular flexibility index (Phi) is 4.23. The molecule has 90 valence electrons. The number of aromatic nitrogens is 1. The summed E-state index contributed by atoms with van der Waals surface area (Å²) in [5, 5.41) is 1.01. The maximum Gasteiger partial charge on any atom is 0.114 e. The van der Waals surface area contributed by atoms with E-state index in [-0.39, 0.29) is 6.04 Å². The van der Waals surface area contributed by atoms with E-state index in [4.69, 9.17) is 10.2 Å². The monoisotopic (exact) mass is 248 g/mol.